The van der Waals surface area contributed by atoms with Crippen LogP contribution in [0.25, 0.3) is 0 Å². The van der Waals surface area contributed by atoms with E-state index in [2.05, 4.69) is 0 Å². The fourth-order valence-corrected chi connectivity index (χ4v) is 2.97. The van der Waals surface area contributed by atoms with E-state index in [9.17, 15) is 13.2 Å². The first kappa shape index (κ1) is 18.0. The molecule has 0 spiro atoms. The van der Waals surface area contributed by atoms with E-state index in [0.29, 0.717) is 17.1 Å². The van der Waals surface area contributed by atoms with Crippen molar-refractivity contribution in [1.29, 1.82) is 0 Å². The Labute approximate surface area is 142 Å². The molecule has 1 amide bonds. The van der Waals surface area contributed by atoms with Gasteiger partial charge in [-0.1, -0.05) is 24.3 Å². The van der Waals surface area contributed by atoms with Crippen LogP contribution >= 0.6 is 0 Å². The molecule has 24 heavy (non-hydrogen) atoms. The molecule has 5 nitrogen and oxygen atoms in total. The maximum Gasteiger partial charge on any atom is 0.246 e. The molecule has 0 saturated heterocycles. The van der Waals surface area contributed by atoms with Gasteiger partial charge in [-0.05, 0) is 38.1 Å². The first-order chi connectivity index (χ1) is 11.3. The predicted molar refractivity (Wildman–Crippen MR) is 95.5 cm³/mol. The van der Waals surface area contributed by atoms with Gasteiger partial charge in [-0.15, -0.1) is 0 Å². The molecule has 0 N–H and O–H groups in total. The van der Waals surface area contributed by atoms with E-state index < -0.39 is 26.7 Å². The Kier molecular flexibility index (Phi) is 5.62. The van der Waals surface area contributed by atoms with Crippen LogP contribution in [0.2, 0.25) is 0 Å². The highest BCUT2D eigenvalue weighted by Crippen LogP contribution is 2.28. The van der Waals surface area contributed by atoms with Gasteiger partial charge in [-0.25, -0.2) is 8.42 Å². The van der Waals surface area contributed by atoms with Crippen molar-refractivity contribution in [2.24, 2.45) is 0 Å². The largest absolute Gasteiger partial charge is 0.497 e. The molecular weight excluding hydrogens is 326 g/mol. The number of ether oxygens (including phenoxy) is 1. The second kappa shape index (κ2) is 7.49. The standard InChI is InChI=1S/C18H21NO4S/c1-14(2)24(21,22)13-18(20)19(15-8-5-4-6-9-15)16-10-7-11-17(12-16)23-3/h4-12,14H,13H2,1-3H3. The van der Waals surface area contributed by atoms with Crippen LogP contribution in [0, 0.1) is 0 Å². The van der Waals surface area contributed by atoms with Crippen molar-refractivity contribution >= 4 is 27.1 Å². The SMILES string of the molecule is COc1cccc(N(C(=O)CS(=O)(=O)C(C)C)c2ccccc2)c1. The lowest BCUT2D eigenvalue weighted by molar-refractivity contribution is -0.115. The molecule has 0 aliphatic heterocycles. The maximum absolute atomic E-state index is 12.8. The minimum Gasteiger partial charge on any atom is -0.497 e. The topological polar surface area (TPSA) is 63.7 Å². The smallest absolute Gasteiger partial charge is 0.246 e. The molecule has 0 aromatic heterocycles. The molecule has 0 radical (unpaired) electrons. The van der Waals surface area contributed by atoms with Gasteiger partial charge >= 0.3 is 0 Å². The number of carbonyl (C=O) groups excluding carboxylic acids is 1. The lowest BCUT2D eigenvalue weighted by Crippen LogP contribution is -2.34. The molecule has 0 saturated carbocycles. The summed E-state index contributed by atoms with van der Waals surface area (Å²) in [5.41, 5.74) is 1.17. The van der Waals surface area contributed by atoms with Gasteiger partial charge in [0.05, 0.1) is 18.0 Å². The zero-order valence-electron chi connectivity index (χ0n) is 14.0. The molecule has 6 heteroatoms. The number of anilines is 2. The third-order valence-corrected chi connectivity index (χ3v) is 5.70. The van der Waals surface area contributed by atoms with Crippen molar-refractivity contribution < 1.29 is 17.9 Å². The lowest BCUT2D eigenvalue weighted by Gasteiger charge is -2.24. The van der Waals surface area contributed by atoms with Gasteiger partial charge in [0.15, 0.2) is 9.84 Å². The van der Waals surface area contributed by atoms with Crippen molar-refractivity contribution in [2.75, 3.05) is 17.8 Å². The van der Waals surface area contributed by atoms with E-state index in [1.807, 2.05) is 6.07 Å². The fourth-order valence-electron chi connectivity index (χ4n) is 2.17. The van der Waals surface area contributed by atoms with Gasteiger partial charge in [0.25, 0.3) is 0 Å². The zero-order valence-corrected chi connectivity index (χ0v) is 14.8. The molecular formula is C18H21NO4S. The van der Waals surface area contributed by atoms with Crippen LogP contribution in [-0.4, -0.2) is 32.4 Å². The monoisotopic (exact) mass is 347 g/mol. The number of hydrogen-bond acceptors (Lipinski definition) is 4. The van der Waals surface area contributed by atoms with Gasteiger partial charge in [0.2, 0.25) is 5.91 Å². The van der Waals surface area contributed by atoms with Gasteiger partial charge in [-0.2, -0.15) is 0 Å². The summed E-state index contributed by atoms with van der Waals surface area (Å²) in [6.45, 7) is 3.14. The van der Waals surface area contributed by atoms with E-state index in [0.717, 1.165) is 0 Å². The quantitative estimate of drug-likeness (QED) is 0.805. The van der Waals surface area contributed by atoms with Crippen LogP contribution in [0.3, 0.4) is 0 Å². The van der Waals surface area contributed by atoms with E-state index in [4.69, 9.17) is 4.74 Å². The van der Waals surface area contributed by atoms with E-state index in [-0.39, 0.29) is 0 Å². The number of amides is 1. The summed E-state index contributed by atoms with van der Waals surface area (Å²) >= 11 is 0. The number of hydrogen-bond donors (Lipinski definition) is 0. The summed E-state index contributed by atoms with van der Waals surface area (Å²) in [7, 11) is -1.96. The maximum atomic E-state index is 12.8. The Bertz CT molecular complexity index is 801. The van der Waals surface area contributed by atoms with Gasteiger partial charge < -0.3 is 4.74 Å². The third kappa shape index (κ3) is 4.14. The zero-order chi connectivity index (χ0) is 17.7. The highest BCUT2D eigenvalue weighted by atomic mass is 32.2. The number of nitrogens with zero attached hydrogens (tertiary/aromatic N) is 1. The second-order valence-electron chi connectivity index (χ2n) is 5.62. The number of para-hydroxylation sites is 1. The molecule has 128 valence electrons. The van der Waals surface area contributed by atoms with Crippen molar-refractivity contribution in [1.82, 2.24) is 0 Å². The molecule has 0 heterocycles. The molecule has 0 atom stereocenters. The van der Waals surface area contributed by atoms with Crippen LogP contribution in [0.5, 0.6) is 5.75 Å². The Morgan fingerprint density at radius 3 is 2.25 bits per heavy atom. The number of rotatable bonds is 6. The summed E-state index contributed by atoms with van der Waals surface area (Å²) in [6.07, 6.45) is 0. The van der Waals surface area contributed by atoms with Crippen LogP contribution in [0.15, 0.2) is 54.6 Å². The highest BCUT2D eigenvalue weighted by molar-refractivity contribution is 7.92. The summed E-state index contributed by atoms with van der Waals surface area (Å²) in [6, 6.07) is 15.9. The molecule has 0 bridgehead atoms. The normalized spacial score (nSPS) is 11.3. The molecule has 2 rings (SSSR count). The van der Waals surface area contributed by atoms with Crippen molar-refractivity contribution in [2.45, 2.75) is 19.1 Å². The minimum absolute atomic E-state index is 0.497. The molecule has 0 aliphatic rings. The van der Waals surface area contributed by atoms with E-state index >= 15 is 0 Å². The molecule has 0 fully saturated rings. The third-order valence-electron chi connectivity index (χ3n) is 3.62. The first-order valence-electron chi connectivity index (χ1n) is 7.59. The molecule has 2 aromatic carbocycles. The van der Waals surface area contributed by atoms with Gasteiger partial charge in [-0.3, -0.25) is 9.69 Å². The van der Waals surface area contributed by atoms with Gasteiger partial charge in [0.1, 0.15) is 11.5 Å². The van der Waals surface area contributed by atoms with Crippen molar-refractivity contribution in [3.05, 3.63) is 54.6 Å². The lowest BCUT2D eigenvalue weighted by atomic mass is 10.2. The fraction of sp³-hybridized carbons (Fsp3) is 0.278. The highest BCUT2D eigenvalue weighted by Gasteiger charge is 2.26. The summed E-state index contributed by atoms with van der Waals surface area (Å²) in [5.74, 6) is -0.451. The minimum atomic E-state index is -3.50. The average molecular weight is 347 g/mol. The summed E-state index contributed by atoms with van der Waals surface area (Å²) < 4.78 is 29.5. The van der Waals surface area contributed by atoms with E-state index in [1.54, 1.807) is 62.4 Å². The molecule has 0 unspecified atom stereocenters. The molecule has 2 aromatic rings. The second-order valence-corrected chi connectivity index (χ2v) is 8.18. The predicted octanol–water partition coefficient (Wildman–Crippen LogP) is 3.18. The number of benzene rings is 2. The number of carbonyl (C=O) groups is 1. The first-order valence-corrected chi connectivity index (χ1v) is 9.30. The van der Waals surface area contributed by atoms with Crippen LogP contribution in [-0.2, 0) is 14.6 Å². The Morgan fingerprint density at radius 1 is 1.04 bits per heavy atom. The van der Waals surface area contributed by atoms with Crippen LogP contribution < -0.4 is 9.64 Å². The van der Waals surface area contributed by atoms with E-state index in [1.165, 1.54) is 12.0 Å². The average Bonchev–Trinajstić information content (AvgIpc) is 2.55. The summed E-state index contributed by atoms with van der Waals surface area (Å²) in [5, 5.41) is -0.607. The van der Waals surface area contributed by atoms with Crippen LogP contribution in [0.4, 0.5) is 11.4 Å². The number of methoxy groups -OCH3 is 1. The Morgan fingerprint density at radius 2 is 1.67 bits per heavy atom. The van der Waals surface area contributed by atoms with Gasteiger partial charge in [0, 0.05) is 11.8 Å². The summed E-state index contributed by atoms with van der Waals surface area (Å²) in [4.78, 5) is 14.2. The van der Waals surface area contributed by atoms with Crippen molar-refractivity contribution in [3.8, 4) is 5.75 Å². The Balaban J connectivity index is 2.46. The number of sulfone groups is 1. The van der Waals surface area contributed by atoms with Crippen molar-refractivity contribution in [3.63, 3.8) is 0 Å². The Hall–Kier alpha value is -2.34. The molecule has 0 aliphatic carbocycles. The van der Waals surface area contributed by atoms with Crippen LogP contribution in [0.1, 0.15) is 13.8 Å².